The second-order valence-corrected chi connectivity index (χ2v) is 9.09. The van der Waals surface area contributed by atoms with Crippen molar-refractivity contribution in [2.24, 2.45) is 0 Å². The number of hydrogen-bond acceptors (Lipinski definition) is 8. The van der Waals surface area contributed by atoms with Crippen molar-refractivity contribution >= 4 is 11.9 Å². The van der Waals surface area contributed by atoms with Gasteiger partial charge in [-0.15, -0.1) is 13.2 Å². The maximum Gasteiger partial charge on any atom is 0.306 e. The van der Waals surface area contributed by atoms with Gasteiger partial charge in [-0.05, 0) is 24.0 Å². The van der Waals surface area contributed by atoms with Crippen LogP contribution in [0.15, 0.2) is 86.0 Å². The van der Waals surface area contributed by atoms with Crippen molar-refractivity contribution in [3.05, 3.63) is 97.1 Å². The first-order valence-electron chi connectivity index (χ1n) is 13.1. The fraction of sp³-hybridized carbons (Fsp3) is 0.419. The van der Waals surface area contributed by atoms with Crippen LogP contribution in [0.3, 0.4) is 0 Å². The Bertz CT molecular complexity index is 1030. The fourth-order valence-electron chi connectivity index (χ4n) is 4.14. The van der Waals surface area contributed by atoms with Crippen LogP contribution in [0.1, 0.15) is 36.8 Å². The van der Waals surface area contributed by atoms with Gasteiger partial charge < -0.3 is 28.4 Å². The van der Waals surface area contributed by atoms with E-state index < -0.39 is 42.6 Å². The Balaban J connectivity index is 1.87. The highest BCUT2D eigenvalue weighted by atomic mass is 16.7. The summed E-state index contributed by atoms with van der Waals surface area (Å²) < 4.78 is 35.9. The lowest BCUT2D eigenvalue weighted by molar-refractivity contribution is -0.316. The van der Waals surface area contributed by atoms with Gasteiger partial charge in [0.2, 0.25) is 0 Å². The SMILES string of the molecule is C=CCCC(=O)OC[C@H]1O[C@@H](OC)[C@H](OCc2ccccc2)[C@@H](OCc2ccccc2)[C@H]1OC(=O)CCC=C. The zero-order chi connectivity index (χ0) is 27.9. The molecule has 0 radical (unpaired) electrons. The van der Waals surface area contributed by atoms with Crippen molar-refractivity contribution in [1.29, 1.82) is 0 Å². The maximum atomic E-state index is 12.8. The van der Waals surface area contributed by atoms with E-state index in [1.54, 1.807) is 12.2 Å². The molecule has 210 valence electrons. The number of methoxy groups -OCH3 is 1. The molecular weight excluding hydrogens is 500 g/mol. The van der Waals surface area contributed by atoms with Crippen molar-refractivity contribution < 1.29 is 38.0 Å². The number of carbonyl (C=O) groups excluding carboxylic acids is 2. The molecule has 1 heterocycles. The van der Waals surface area contributed by atoms with E-state index >= 15 is 0 Å². The third-order valence-electron chi connectivity index (χ3n) is 6.18. The van der Waals surface area contributed by atoms with Crippen LogP contribution in [0.4, 0.5) is 0 Å². The number of benzene rings is 2. The molecule has 0 unspecified atom stereocenters. The molecule has 2 aromatic carbocycles. The van der Waals surface area contributed by atoms with Crippen molar-refractivity contribution in [3.8, 4) is 0 Å². The summed E-state index contributed by atoms with van der Waals surface area (Å²) in [7, 11) is 1.50. The van der Waals surface area contributed by atoms with Gasteiger partial charge in [0.05, 0.1) is 13.2 Å². The summed E-state index contributed by atoms with van der Waals surface area (Å²) in [6, 6.07) is 19.3. The Kier molecular flexibility index (Phi) is 12.9. The molecular formula is C31H38O8. The maximum absolute atomic E-state index is 12.8. The van der Waals surface area contributed by atoms with Gasteiger partial charge in [-0.1, -0.05) is 72.8 Å². The topological polar surface area (TPSA) is 89.5 Å². The molecule has 1 saturated heterocycles. The second-order valence-electron chi connectivity index (χ2n) is 9.09. The monoisotopic (exact) mass is 538 g/mol. The molecule has 0 aliphatic carbocycles. The van der Waals surface area contributed by atoms with Crippen LogP contribution in [0.2, 0.25) is 0 Å². The van der Waals surface area contributed by atoms with Gasteiger partial charge >= 0.3 is 11.9 Å². The number of rotatable bonds is 16. The number of carbonyl (C=O) groups is 2. The fourth-order valence-corrected chi connectivity index (χ4v) is 4.14. The predicted octanol–water partition coefficient (Wildman–Crippen LogP) is 4.92. The normalized spacial score (nSPS) is 22.5. The number of hydrogen-bond donors (Lipinski definition) is 0. The van der Waals surface area contributed by atoms with Crippen LogP contribution in [0.5, 0.6) is 0 Å². The molecule has 8 heteroatoms. The Morgan fingerprint density at radius 1 is 0.795 bits per heavy atom. The lowest BCUT2D eigenvalue weighted by atomic mass is 9.97. The summed E-state index contributed by atoms with van der Waals surface area (Å²) in [4.78, 5) is 25.0. The zero-order valence-electron chi connectivity index (χ0n) is 22.4. The lowest BCUT2D eigenvalue weighted by Crippen LogP contribution is -2.62. The van der Waals surface area contributed by atoms with Gasteiger partial charge in [0.25, 0.3) is 0 Å². The smallest absolute Gasteiger partial charge is 0.306 e. The van der Waals surface area contributed by atoms with E-state index in [1.807, 2.05) is 60.7 Å². The van der Waals surface area contributed by atoms with Crippen molar-refractivity contribution in [3.63, 3.8) is 0 Å². The molecule has 0 aromatic heterocycles. The summed E-state index contributed by atoms with van der Waals surface area (Å²) in [6.07, 6.45) is 0.402. The minimum atomic E-state index is -0.926. The summed E-state index contributed by atoms with van der Waals surface area (Å²) >= 11 is 0. The van der Waals surface area contributed by atoms with Crippen LogP contribution < -0.4 is 0 Å². The number of esters is 2. The Labute approximate surface area is 230 Å². The van der Waals surface area contributed by atoms with Crippen LogP contribution in [-0.2, 0) is 51.2 Å². The molecule has 0 spiro atoms. The molecule has 5 atom stereocenters. The minimum absolute atomic E-state index is 0.139. The van der Waals surface area contributed by atoms with Crippen molar-refractivity contribution in [2.75, 3.05) is 13.7 Å². The summed E-state index contributed by atoms with van der Waals surface area (Å²) in [5.41, 5.74) is 1.89. The molecule has 39 heavy (non-hydrogen) atoms. The highest BCUT2D eigenvalue weighted by Gasteiger charge is 2.50. The van der Waals surface area contributed by atoms with E-state index in [0.29, 0.717) is 12.8 Å². The van der Waals surface area contributed by atoms with Gasteiger partial charge in [-0.2, -0.15) is 0 Å². The third kappa shape index (κ3) is 9.75. The molecule has 1 fully saturated rings. The summed E-state index contributed by atoms with van der Waals surface area (Å²) in [6.45, 7) is 7.66. The zero-order valence-corrected chi connectivity index (χ0v) is 22.4. The molecule has 0 saturated carbocycles. The van der Waals surface area contributed by atoms with E-state index in [2.05, 4.69) is 13.2 Å². The molecule has 0 amide bonds. The van der Waals surface area contributed by atoms with Gasteiger partial charge in [-0.25, -0.2) is 0 Å². The lowest BCUT2D eigenvalue weighted by Gasteiger charge is -2.45. The number of allylic oxidation sites excluding steroid dienone is 2. The van der Waals surface area contributed by atoms with Crippen LogP contribution in [0, 0.1) is 0 Å². The van der Waals surface area contributed by atoms with Gasteiger partial charge in [0, 0.05) is 20.0 Å². The third-order valence-corrected chi connectivity index (χ3v) is 6.18. The van der Waals surface area contributed by atoms with Crippen LogP contribution >= 0.6 is 0 Å². The van der Waals surface area contributed by atoms with Gasteiger partial charge in [0.15, 0.2) is 12.4 Å². The predicted molar refractivity (Wildman–Crippen MR) is 145 cm³/mol. The number of ether oxygens (including phenoxy) is 6. The van der Waals surface area contributed by atoms with Crippen molar-refractivity contribution in [1.82, 2.24) is 0 Å². The quantitative estimate of drug-likeness (QED) is 0.220. The summed E-state index contributed by atoms with van der Waals surface area (Å²) in [5.74, 6) is -0.856. The molecule has 0 bridgehead atoms. The largest absolute Gasteiger partial charge is 0.463 e. The minimum Gasteiger partial charge on any atom is -0.463 e. The molecule has 1 aliphatic rings. The van der Waals surface area contributed by atoms with Crippen LogP contribution in [-0.4, -0.2) is 56.4 Å². The Hall–Kier alpha value is -3.30. The van der Waals surface area contributed by atoms with Gasteiger partial charge in [0.1, 0.15) is 24.9 Å². The molecule has 0 N–H and O–H groups in total. The van der Waals surface area contributed by atoms with E-state index in [4.69, 9.17) is 28.4 Å². The highest BCUT2D eigenvalue weighted by molar-refractivity contribution is 5.70. The standard InChI is InChI=1S/C31H38O8/c1-4-6-18-26(32)35-22-25-28(39-27(33)19-7-5-2)29(36-20-23-14-10-8-11-15-23)30(31(34-3)38-25)37-21-24-16-12-9-13-17-24/h4-5,8-17,25,28-31H,1-2,6-7,18-22H2,3H3/t25-,28+,29+,30-,31-/m1/s1. The Morgan fingerprint density at radius 2 is 1.33 bits per heavy atom. The molecule has 8 nitrogen and oxygen atoms in total. The van der Waals surface area contributed by atoms with Crippen molar-refractivity contribution in [2.45, 2.75) is 69.6 Å². The first-order chi connectivity index (χ1) is 19.0. The average Bonchev–Trinajstić information content (AvgIpc) is 2.97. The van der Waals surface area contributed by atoms with E-state index in [0.717, 1.165) is 11.1 Å². The van der Waals surface area contributed by atoms with E-state index in [1.165, 1.54) is 7.11 Å². The highest BCUT2D eigenvalue weighted by Crippen LogP contribution is 2.31. The Morgan fingerprint density at radius 3 is 1.87 bits per heavy atom. The van der Waals surface area contributed by atoms with Gasteiger partial charge in [-0.3, -0.25) is 9.59 Å². The molecule has 2 aromatic rings. The first-order valence-corrected chi connectivity index (χ1v) is 13.1. The van der Waals surface area contributed by atoms with E-state index in [-0.39, 0.29) is 32.7 Å². The summed E-state index contributed by atoms with van der Waals surface area (Å²) in [5, 5.41) is 0. The van der Waals surface area contributed by atoms with E-state index in [9.17, 15) is 9.59 Å². The second kappa shape index (κ2) is 16.6. The molecule has 1 aliphatic heterocycles. The van der Waals surface area contributed by atoms with Crippen LogP contribution in [0.25, 0.3) is 0 Å². The average molecular weight is 539 g/mol. The first kappa shape index (κ1) is 30.2. The molecule has 3 rings (SSSR count).